The molecule has 2 aromatic rings. The van der Waals surface area contributed by atoms with E-state index in [1.807, 2.05) is 46.8 Å². The summed E-state index contributed by atoms with van der Waals surface area (Å²) in [6.45, 7) is 10.4. The van der Waals surface area contributed by atoms with E-state index in [2.05, 4.69) is 22.0 Å². The Bertz CT molecular complexity index is 1050. The summed E-state index contributed by atoms with van der Waals surface area (Å²) in [7, 11) is 0. The second-order valence-corrected chi connectivity index (χ2v) is 10.3. The maximum Gasteiger partial charge on any atom is 0.416 e. The van der Waals surface area contributed by atoms with Crippen molar-refractivity contribution in [3.63, 3.8) is 0 Å². The summed E-state index contributed by atoms with van der Waals surface area (Å²) in [4.78, 5) is 24.9. The number of alkyl halides is 3. The average molecular weight is 508 g/mol. The summed E-state index contributed by atoms with van der Waals surface area (Å²) in [6.07, 6.45) is -4.99. The number of rotatable bonds is 10. The number of aryl methyl sites for hydroxylation is 2. The van der Waals surface area contributed by atoms with Crippen molar-refractivity contribution in [1.82, 2.24) is 16.0 Å². The Balaban J connectivity index is 1.99. The van der Waals surface area contributed by atoms with Crippen LogP contribution in [0.2, 0.25) is 0 Å². The first-order valence-electron chi connectivity index (χ1n) is 11.9. The number of carbonyl (C=O) groups excluding carboxylic acids is 2. The van der Waals surface area contributed by atoms with Crippen LogP contribution >= 0.6 is 0 Å². The lowest BCUT2D eigenvalue weighted by molar-refractivity contribution is -0.137. The van der Waals surface area contributed by atoms with Crippen molar-refractivity contribution >= 4 is 11.8 Å². The molecule has 2 aromatic carbocycles. The molecule has 2 atom stereocenters. The molecular formula is C27H36F3N3O3. The second kappa shape index (κ2) is 12.4. The summed E-state index contributed by atoms with van der Waals surface area (Å²) in [6, 6.07) is 9.49. The van der Waals surface area contributed by atoms with Crippen molar-refractivity contribution in [2.45, 2.75) is 65.9 Å². The Labute approximate surface area is 210 Å². The molecule has 9 heteroatoms. The average Bonchev–Trinajstić information content (AvgIpc) is 2.76. The molecule has 0 unspecified atom stereocenters. The Morgan fingerprint density at radius 1 is 1.03 bits per heavy atom. The van der Waals surface area contributed by atoms with E-state index in [1.165, 1.54) is 6.07 Å². The van der Waals surface area contributed by atoms with Gasteiger partial charge in [-0.15, -0.1) is 0 Å². The summed E-state index contributed by atoms with van der Waals surface area (Å²) in [5.74, 6) is -1.35. The van der Waals surface area contributed by atoms with E-state index < -0.39 is 42.2 Å². The first kappa shape index (κ1) is 29.3. The van der Waals surface area contributed by atoms with E-state index in [4.69, 9.17) is 0 Å². The molecule has 0 radical (unpaired) electrons. The van der Waals surface area contributed by atoms with Gasteiger partial charge in [0.2, 0.25) is 5.91 Å². The molecule has 0 fully saturated rings. The summed E-state index contributed by atoms with van der Waals surface area (Å²) < 4.78 is 38.7. The fourth-order valence-corrected chi connectivity index (χ4v) is 3.82. The van der Waals surface area contributed by atoms with Crippen LogP contribution < -0.4 is 16.0 Å². The van der Waals surface area contributed by atoms with Gasteiger partial charge < -0.3 is 21.1 Å². The van der Waals surface area contributed by atoms with Gasteiger partial charge in [0, 0.05) is 18.7 Å². The molecule has 2 rings (SSSR count). The number of benzene rings is 2. The zero-order chi connectivity index (χ0) is 27.1. The van der Waals surface area contributed by atoms with Crippen LogP contribution in [0, 0.1) is 19.3 Å². The molecule has 0 heterocycles. The normalized spacial score (nSPS) is 13.7. The molecule has 36 heavy (non-hydrogen) atoms. The minimum absolute atomic E-state index is 0.187. The number of carbonyl (C=O) groups is 2. The standard InChI is InChI=1S/C27H36F3N3O3/c1-17-9-10-20(18(2)11-17)14-31-15-22(23(34)13-26(3,4)5)33-24(35)16-32-25(36)19-7-6-8-21(12-19)27(28,29)30/h6-12,22-23,31,34H,13-16H2,1-5H3,(H,32,36)(H,33,35)/t22-,23-/m0/s1. The largest absolute Gasteiger partial charge is 0.416 e. The number of aliphatic hydroxyl groups excluding tert-OH is 1. The van der Waals surface area contributed by atoms with E-state index in [0.717, 1.165) is 34.9 Å². The van der Waals surface area contributed by atoms with E-state index in [-0.39, 0.29) is 17.5 Å². The highest BCUT2D eigenvalue weighted by Gasteiger charge is 2.31. The lowest BCUT2D eigenvalue weighted by Crippen LogP contribution is -2.52. The zero-order valence-electron chi connectivity index (χ0n) is 21.4. The number of aliphatic hydroxyl groups is 1. The fraction of sp³-hybridized carbons (Fsp3) is 0.481. The van der Waals surface area contributed by atoms with E-state index in [0.29, 0.717) is 13.0 Å². The van der Waals surface area contributed by atoms with E-state index in [1.54, 1.807) is 0 Å². The number of nitrogens with one attached hydrogen (secondary N) is 3. The van der Waals surface area contributed by atoms with Crippen LogP contribution in [0.15, 0.2) is 42.5 Å². The molecule has 6 nitrogen and oxygen atoms in total. The topological polar surface area (TPSA) is 90.5 Å². The minimum Gasteiger partial charge on any atom is -0.391 e. The van der Waals surface area contributed by atoms with Crippen molar-refractivity contribution in [1.29, 1.82) is 0 Å². The molecule has 0 bridgehead atoms. The molecule has 0 saturated heterocycles. The van der Waals surface area contributed by atoms with Crippen LogP contribution in [0.4, 0.5) is 13.2 Å². The van der Waals surface area contributed by atoms with Gasteiger partial charge in [-0.1, -0.05) is 50.6 Å². The summed E-state index contributed by atoms with van der Waals surface area (Å²) in [5.41, 5.74) is 2.07. The van der Waals surface area contributed by atoms with Gasteiger partial charge in [0.05, 0.1) is 24.3 Å². The predicted octanol–water partition coefficient (Wildman–Crippen LogP) is 4.12. The molecule has 0 aliphatic carbocycles. The number of halogens is 3. The first-order chi connectivity index (χ1) is 16.7. The van der Waals surface area contributed by atoms with Gasteiger partial charge >= 0.3 is 6.18 Å². The van der Waals surface area contributed by atoms with Crippen LogP contribution in [-0.2, 0) is 17.5 Å². The third-order valence-electron chi connectivity index (χ3n) is 5.67. The van der Waals surface area contributed by atoms with Crippen LogP contribution in [0.3, 0.4) is 0 Å². The third kappa shape index (κ3) is 9.62. The highest BCUT2D eigenvalue weighted by atomic mass is 19.4. The number of amides is 2. The highest BCUT2D eigenvalue weighted by molar-refractivity contribution is 5.96. The van der Waals surface area contributed by atoms with Crippen molar-refractivity contribution in [2.75, 3.05) is 13.1 Å². The summed E-state index contributed by atoms with van der Waals surface area (Å²) >= 11 is 0. The Morgan fingerprint density at radius 2 is 1.72 bits per heavy atom. The Morgan fingerprint density at radius 3 is 2.33 bits per heavy atom. The third-order valence-corrected chi connectivity index (χ3v) is 5.67. The SMILES string of the molecule is Cc1ccc(CNC[C@H](NC(=O)CNC(=O)c2cccc(C(F)(F)F)c2)[C@@H](O)CC(C)(C)C)c(C)c1. The van der Waals surface area contributed by atoms with Crippen molar-refractivity contribution in [3.05, 3.63) is 70.3 Å². The lowest BCUT2D eigenvalue weighted by atomic mass is 9.86. The quantitative estimate of drug-likeness (QED) is 0.389. The van der Waals surface area contributed by atoms with Crippen LogP contribution in [-0.4, -0.2) is 42.2 Å². The molecule has 0 aliphatic rings. The molecule has 4 N–H and O–H groups in total. The van der Waals surface area contributed by atoms with Crippen LogP contribution in [0.1, 0.15) is 59.8 Å². The van der Waals surface area contributed by atoms with E-state index >= 15 is 0 Å². The van der Waals surface area contributed by atoms with Crippen LogP contribution in [0.25, 0.3) is 0 Å². The fourth-order valence-electron chi connectivity index (χ4n) is 3.82. The van der Waals surface area contributed by atoms with Crippen molar-refractivity contribution in [3.8, 4) is 0 Å². The van der Waals surface area contributed by atoms with Gasteiger partial charge in [0.15, 0.2) is 0 Å². The molecule has 2 amide bonds. The van der Waals surface area contributed by atoms with Gasteiger partial charge in [0.1, 0.15) is 0 Å². The maximum atomic E-state index is 12.9. The van der Waals surface area contributed by atoms with Gasteiger partial charge in [-0.3, -0.25) is 9.59 Å². The van der Waals surface area contributed by atoms with Gasteiger partial charge in [-0.05, 0) is 55.0 Å². The van der Waals surface area contributed by atoms with Gasteiger partial charge in [-0.2, -0.15) is 13.2 Å². The Kier molecular flexibility index (Phi) is 10.1. The summed E-state index contributed by atoms with van der Waals surface area (Å²) in [5, 5.41) is 19.2. The van der Waals surface area contributed by atoms with Gasteiger partial charge in [0.25, 0.3) is 5.91 Å². The zero-order valence-corrected chi connectivity index (χ0v) is 21.4. The molecule has 198 valence electrons. The molecule has 0 aliphatic heterocycles. The van der Waals surface area contributed by atoms with Crippen molar-refractivity contribution < 1.29 is 27.9 Å². The highest BCUT2D eigenvalue weighted by Crippen LogP contribution is 2.29. The molecular weight excluding hydrogens is 471 g/mol. The molecule has 0 spiro atoms. The minimum atomic E-state index is -4.58. The smallest absolute Gasteiger partial charge is 0.391 e. The number of hydrogen-bond donors (Lipinski definition) is 4. The lowest BCUT2D eigenvalue weighted by Gasteiger charge is -2.30. The monoisotopic (exact) mass is 507 g/mol. The number of hydrogen-bond acceptors (Lipinski definition) is 4. The van der Waals surface area contributed by atoms with Gasteiger partial charge in [-0.25, -0.2) is 0 Å². The molecule has 0 saturated carbocycles. The van der Waals surface area contributed by atoms with Crippen molar-refractivity contribution in [2.24, 2.45) is 5.41 Å². The Hall–Kier alpha value is -2.91. The predicted molar refractivity (Wildman–Crippen MR) is 133 cm³/mol. The maximum absolute atomic E-state index is 12.9. The molecule has 0 aromatic heterocycles. The van der Waals surface area contributed by atoms with Crippen LogP contribution in [0.5, 0.6) is 0 Å². The first-order valence-corrected chi connectivity index (χ1v) is 11.9. The second-order valence-electron chi connectivity index (χ2n) is 10.3. The van der Waals surface area contributed by atoms with E-state index in [9.17, 15) is 27.9 Å².